The van der Waals surface area contributed by atoms with E-state index in [1.165, 1.54) is 6.42 Å². The molecule has 0 radical (unpaired) electrons. The maximum Gasteiger partial charge on any atom is 0.241 e. The highest BCUT2D eigenvalue weighted by Crippen LogP contribution is 2.63. The van der Waals surface area contributed by atoms with Crippen LogP contribution in [0.3, 0.4) is 0 Å². The number of hydrogen-bond acceptors (Lipinski definition) is 4. The standard InChI is InChI=1S/C21H27N3O2S/c1-20(2)14-8-10-21(20,3)17(12-14)22-23-18(25)9-11-24-15-6-4-5-7-16(15)27-13-19(24)26/h4-7,14H,8-13H2,1-3H3,(H,23,25)/b22-17+/t14-,21+/m1/s1. The van der Waals surface area contributed by atoms with Crippen LogP contribution in [-0.4, -0.2) is 29.8 Å². The van der Waals surface area contributed by atoms with Gasteiger partial charge in [0.15, 0.2) is 0 Å². The van der Waals surface area contributed by atoms with Gasteiger partial charge in [0.2, 0.25) is 11.8 Å². The van der Waals surface area contributed by atoms with Crippen molar-refractivity contribution in [3.63, 3.8) is 0 Å². The van der Waals surface area contributed by atoms with Gasteiger partial charge >= 0.3 is 0 Å². The number of thioether (sulfide) groups is 1. The minimum Gasteiger partial charge on any atom is -0.310 e. The first-order valence-corrected chi connectivity index (χ1v) is 10.7. The Morgan fingerprint density at radius 2 is 2.11 bits per heavy atom. The molecule has 1 aliphatic heterocycles. The number of hydrogen-bond donors (Lipinski definition) is 1. The lowest BCUT2D eigenvalue weighted by atomic mass is 9.70. The fourth-order valence-electron chi connectivity index (χ4n) is 4.90. The van der Waals surface area contributed by atoms with Gasteiger partial charge in [-0.05, 0) is 42.7 Å². The van der Waals surface area contributed by atoms with Crippen LogP contribution >= 0.6 is 11.8 Å². The molecule has 1 N–H and O–H groups in total. The third-order valence-electron chi connectivity index (χ3n) is 7.20. The zero-order chi connectivity index (χ0) is 19.2. The van der Waals surface area contributed by atoms with Crippen LogP contribution in [0.15, 0.2) is 34.3 Å². The summed E-state index contributed by atoms with van der Waals surface area (Å²) in [5.74, 6) is 1.02. The van der Waals surface area contributed by atoms with Crippen molar-refractivity contribution in [3.05, 3.63) is 24.3 Å². The summed E-state index contributed by atoms with van der Waals surface area (Å²) < 4.78 is 0. The number of anilines is 1. The largest absolute Gasteiger partial charge is 0.310 e. The Morgan fingerprint density at radius 1 is 1.33 bits per heavy atom. The van der Waals surface area contributed by atoms with Crippen LogP contribution in [0.5, 0.6) is 0 Å². The number of carbonyl (C=O) groups is 2. The van der Waals surface area contributed by atoms with Gasteiger partial charge in [-0.15, -0.1) is 11.8 Å². The number of benzene rings is 1. The number of nitrogens with zero attached hydrogens (tertiary/aromatic N) is 2. The van der Waals surface area contributed by atoms with Crippen molar-refractivity contribution in [2.24, 2.45) is 21.8 Å². The third-order valence-corrected chi connectivity index (χ3v) is 8.25. The van der Waals surface area contributed by atoms with Gasteiger partial charge in [-0.25, -0.2) is 5.43 Å². The number of para-hydroxylation sites is 1. The number of rotatable bonds is 4. The number of fused-ring (bicyclic) bond motifs is 3. The molecule has 3 aliphatic rings. The minimum absolute atomic E-state index is 0.0557. The van der Waals surface area contributed by atoms with E-state index in [1.54, 1.807) is 16.7 Å². The quantitative estimate of drug-likeness (QED) is 0.801. The van der Waals surface area contributed by atoms with Gasteiger partial charge in [0.05, 0.1) is 11.4 Å². The van der Waals surface area contributed by atoms with Gasteiger partial charge in [-0.3, -0.25) is 9.59 Å². The van der Waals surface area contributed by atoms with E-state index < -0.39 is 0 Å². The smallest absolute Gasteiger partial charge is 0.241 e. The Balaban J connectivity index is 1.38. The number of amides is 2. The predicted octanol–water partition coefficient (Wildman–Crippen LogP) is 3.83. The summed E-state index contributed by atoms with van der Waals surface area (Å²) in [4.78, 5) is 27.5. The predicted molar refractivity (Wildman–Crippen MR) is 109 cm³/mol. The number of hydrazone groups is 1. The van der Waals surface area contributed by atoms with Crippen LogP contribution < -0.4 is 10.3 Å². The average Bonchev–Trinajstić information content (AvgIpc) is 2.99. The van der Waals surface area contributed by atoms with Crippen LogP contribution in [0.1, 0.15) is 46.5 Å². The van der Waals surface area contributed by atoms with Gasteiger partial charge in [-0.1, -0.05) is 32.9 Å². The lowest BCUT2D eigenvalue weighted by molar-refractivity contribution is -0.121. The van der Waals surface area contributed by atoms with E-state index in [-0.39, 0.29) is 29.1 Å². The summed E-state index contributed by atoms with van der Waals surface area (Å²) in [6.45, 7) is 7.32. The molecule has 1 heterocycles. The monoisotopic (exact) mass is 385 g/mol. The fraction of sp³-hybridized carbons (Fsp3) is 0.571. The molecule has 2 saturated carbocycles. The Labute approximate surface area is 165 Å². The molecular weight excluding hydrogens is 358 g/mol. The Morgan fingerprint density at radius 3 is 2.81 bits per heavy atom. The molecule has 27 heavy (non-hydrogen) atoms. The van der Waals surface area contributed by atoms with Crippen molar-refractivity contribution in [1.82, 2.24) is 5.43 Å². The molecule has 6 heteroatoms. The summed E-state index contributed by atoms with van der Waals surface area (Å²) in [5, 5.41) is 4.51. The van der Waals surface area contributed by atoms with Crippen LogP contribution in [0.4, 0.5) is 5.69 Å². The van der Waals surface area contributed by atoms with Gasteiger partial charge in [-0.2, -0.15) is 5.10 Å². The third kappa shape index (κ3) is 2.98. The first kappa shape index (κ1) is 18.5. The zero-order valence-electron chi connectivity index (χ0n) is 16.2. The summed E-state index contributed by atoms with van der Waals surface area (Å²) in [6, 6.07) is 7.85. The molecule has 1 aromatic carbocycles. The van der Waals surface area contributed by atoms with E-state index >= 15 is 0 Å². The van der Waals surface area contributed by atoms with Gasteiger partial charge in [0, 0.05) is 29.0 Å². The zero-order valence-corrected chi connectivity index (χ0v) is 17.1. The van der Waals surface area contributed by atoms with E-state index in [1.807, 2.05) is 24.3 Å². The van der Waals surface area contributed by atoms with Crippen molar-refractivity contribution >= 4 is 35.0 Å². The summed E-state index contributed by atoms with van der Waals surface area (Å²) in [6.07, 6.45) is 3.64. The second kappa shape index (κ2) is 6.66. The van der Waals surface area contributed by atoms with Crippen LogP contribution in [0.25, 0.3) is 0 Å². The highest BCUT2D eigenvalue weighted by molar-refractivity contribution is 8.00. The lowest BCUT2D eigenvalue weighted by Gasteiger charge is -2.34. The van der Waals surface area contributed by atoms with E-state index in [2.05, 4.69) is 31.3 Å². The Bertz CT molecular complexity index is 819. The van der Waals surface area contributed by atoms with Crippen LogP contribution in [0.2, 0.25) is 0 Å². The maximum absolute atomic E-state index is 12.4. The second-order valence-corrected chi connectivity index (χ2v) is 9.66. The highest BCUT2D eigenvalue weighted by atomic mass is 32.2. The van der Waals surface area contributed by atoms with E-state index in [9.17, 15) is 9.59 Å². The molecule has 2 amide bonds. The second-order valence-electron chi connectivity index (χ2n) is 8.64. The van der Waals surface area contributed by atoms with E-state index in [4.69, 9.17) is 0 Å². The maximum atomic E-state index is 12.4. The topological polar surface area (TPSA) is 61.8 Å². The summed E-state index contributed by atoms with van der Waals surface area (Å²) in [5.41, 5.74) is 5.13. The SMILES string of the molecule is CC1(C)[C@@H]2CC[C@@]1(C)/C(=N/NC(=O)CCN1C(=O)CSc3ccccc31)C2. The van der Waals surface area contributed by atoms with Crippen molar-refractivity contribution < 1.29 is 9.59 Å². The molecule has 2 atom stereocenters. The van der Waals surface area contributed by atoms with Crippen molar-refractivity contribution in [2.45, 2.75) is 51.3 Å². The highest BCUT2D eigenvalue weighted by Gasteiger charge is 2.60. The van der Waals surface area contributed by atoms with E-state index in [0.717, 1.165) is 29.1 Å². The Kier molecular flexibility index (Phi) is 4.57. The molecule has 0 spiro atoms. The van der Waals surface area contributed by atoms with Crippen molar-refractivity contribution in [2.75, 3.05) is 17.2 Å². The molecule has 144 valence electrons. The fourth-order valence-corrected chi connectivity index (χ4v) is 5.83. The molecule has 4 rings (SSSR count). The number of nitrogens with one attached hydrogen (secondary N) is 1. The molecule has 0 aromatic heterocycles. The minimum atomic E-state index is -0.129. The molecule has 5 nitrogen and oxygen atoms in total. The van der Waals surface area contributed by atoms with E-state index in [0.29, 0.717) is 18.2 Å². The molecular formula is C21H27N3O2S. The first-order chi connectivity index (χ1) is 12.8. The summed E-state index contributed by atoms with van der Waals surface area (Å²) >= 11 is 1.55. The van der Waals surface area contributed by atoms with Gasteiger partial charge in [0.25, 0.3) is 0 Å². The van der Waals surface area contributed by atoms with Gasteiger partial charge < -0.3 is 4.90 Å². The molecule has 2 fully saturated rings. The number of carbonyl (C=O) groups excluding carboxylic acids is 2. The average molecular weight is 386 g/mol. The Hall–Kier alpha value is -1.82. The molecule has 0 saturated heterocycles. The van der Waals surface area contributed by atoms with Gasteiger partial charge in [0.1, 0.15) is 0 Å². The van der Waals surface area contributed by atoms with Crippen molar-refractivity contribution in [3.8, 4) is 0 Å². The normalized spacial score (nSPS) is 29.9. The lowest BCUT2D eigenvalue weighted by Crippen LogP contribution is -2.38. The molecule has 2 bridgehead atoms. The molecule has 1 aromatic rings. The van der Waals surface area contributed by atoms with Crippen molar-refractivity contribution in [1.29, 1.82) is 0 Å². The summed E-state index contributed by atoms with van der Waals surface area (Å²) in [7, 11) is 0. The first-order valence-electron chi connectivity index (χ1n) is 9.71. The van der Waals surface area contributed by atoms with Crippen LogP contribution in [-0.2, 0) is 9.59 Å². The molecule has 0 unspecified atom stereocenters. The molecule has 2 aliphatic carbocycles. The van der Waals surface area contributed by atoms with Crippen LogP contribution in [0, 0.1) is 16.7 Å².